The molecule has 0 radical (unpaired) electrons. The molecule has 1 aromatic carbocycles. The van der Waals surface area contributed by atoms with E-state index in [1.54, 1.807) is 16.7 Å². The van der Waals surface area contributed by atoms with E-state index in [-0.39, 0.29) is 28.5 Å². The Morgan fingerprint density at radius 1 is 1.08 bits per heavy atom. The number of carbonyl (C=O) groups excluding carboxylic acids is 1. The summed E-state index contributed by atoms with van der Waals surface area (Å²) in [6, 6.07) is 5.59. The van der Waals surface area contributed by atoms with E-state index in [1.807, 2.05) is 4.90 Å². The number of nitrogens with zero attached hydrogens (tertiary/aromatic N) is 7. The minimum atomic E-state index is -0.794. The first-order valence-corrected chi connectivity index (χ1v) is 12.9. The summed E-state index contributed by atoms with van der Waals surface area (Å²) in [5.41, 5.74) is 12.5. The van der Waals surface area contributed by atoms with Gasteiger partial charge >= 0.3 is 4.87 Å². The molecule has 5 aromatic rings. The molecule has 39 heavy (non-hydrogen) atoms. The molecule has 1 amide bonds. The maximum atomic E-state index is 14.5. The second-order valence-corrected chi connectivity index (χ2v) is 10.1. The van der Waals surface area contributed by atoms with Gasteiger partial charge in [-0.2, -0.15) is 9.50 Å². The molecule has 0 atom stereocenters. The van der Waals surface area contributed by atoms with Gasteiger partial charge in [-0.3, -0.25) is 19.1 Å². The topological polar surface area (TPSA) is 154 Å². The lowest BCUT2D eigenvalue weighted by atomic mass is 10.1. The van der Waals surface area contributed by atoms with Gasteiger partial charge in [0, 0.05) is 45.3 Å². The summed E-state index contributed by atoms with van der Waals surface area (Å²) in [6.07, 6.45) is 1.22. The Morgan fingerprint density at radius 3 is 2.59 bits per heavy atom. The predicted molar refractivity (Wildman–Crippen MR) is 140 cm³/mol. The molecule has 15 heteroatoms. The van der Waals surface area contributed by atoms with Crippen molar-refractivity contribution in [2.75, 3.05) is 43.4 Å². The predicted octanol–water partition coefficient (Wildman–Crippen LogP) is 1.47. The maximum Gasteiger partial charge on any atom is 0.309 e. The zero-order valence-electron chi connectivity index (χ0n) is 20.5. The normalized spacial score (nSPS) is 14.6. The van der Waals surface area contributed by atoms with Crippen LogP contribution in [0.3, 0.4) is 0 Å². The number of thiazole rings is 1. The minimum Gasteiger partial charge on any atom is -0.461 e. The van der Waals surface area contributed by atoms with Gasteiger partial charge in [0.1, 0.15) is 16.3 Å². The van der Waals surface area contributed by atoms with Crippen molar-refractivity contribution in [3.63, 3.8) is 0 Å². The van der Waals surface area contributed by atoms with Gasteiger partial charge in [-0.1, -0.05) is 11.3 Å². The summed E-state index contributed by atoms with van der Waals surface area (Å²) in [6.45, 7) is 3.08. The lowest BCUT2D eigenvalue weighted by molar-refractivity contribution is -0.117. The number of primary amides is 1. The number of hydrogen-bond acceptors (Lipinski definition) is 10. The van der Waals surface area contributed by atoms with Crippen molar-refractivity contribution in [3.05, 3.63) is 57.4 Å². The molecule has 4 aromatic heterocycles. The summed E-state index contributed by atoms with van der Waals surface area (Å²) >= 11 is 1.02. The average Bonchev–Trinajstić information content (AvgIpc) is 3.64. The molecule has 4 N–H and O–H groups in total. The number of hydrogen-bond donors (Lipinski definition) is 2. The molecule has 1 aliphatic rings. The minimum absolute atomic E-state index is 0.0647. The van der Waals surface area contributed by atoms with Gasteiger partial charge in [-0.05, 0) is 23.8 Å². The second-order valence-electron chi connectivity index (χ2n) is 9.16. The standard InChI is InChI=1S/C24H23F2N9O3S/c25-14-12-15(26)16(10-13(14)11-18(27)36)33-6-3-32(4-7-33)5-8-34-21-19(39-24(34)37)22-29-20(17-2-1-9-38-17)31-35(22)23(28)30-21/h1-2,9-10,12H,3-8,11H2,(H2,27,36)(H2,28,30). The van der Waals surface area contributed by atoms with Gasteiger partial charge in [0.25, 0.3) is 0 Å². The molecule has 1 fully saturated rings. The highest BCUT2D eigenvalue weighted by Gasteiger charge is 2.23. The van der Waals surface area contributed by atoms with Crippen LogP contribution in [0.15, 0.2) is 39.7 Å². The summed E-state index contributed by atoms with van der Waals surface area (Å²) in [7, 11) is 0. The first kappa shape index (κ1) is 24.9. The molecule has 0 unspecified atom stereocenters. The fraction of sp³-hybridized carbons (Fsp3) is 0.292. The molecule has 0 saturated carbocycles. The summed E-state index contributed by atoms with van der Waals surface area (Å²) in [4.78, 5) is 36.9. The van der Waals surface area contributed by atoms with Crippen molar-refractivity contribution in [1.82, 2.24) is 29.0 Å². The number of carbonyl (C=O) groups is 1. The van der Waals surface area contributed by atoms with Crippen molar-refractivity contribution in [3.8, 4) is 11.6 Å². The SMILES string of the molecule is NC(=O)Cc1cc(N2CCN(CCn3c(=O)sc4c3nc(N)n3nc(-c5ccco5)nc43)CC2)c(F)cc1F. The lowest BCUT2D eigenvalue weighted by Gasteiger charge is -2.36. The first-order valence-electron chi connectivity index (χ1n) is 12.1. The summed E-state index contributed by atoms with van der Waals surface area (Å²) in [5.74, 6) is -1.26. The van der Waals surface area contributed by atoms with Crippen LogP contribution in [0.4, 0.5) is 20.4 Å². The Hall–Kier alpha value is -4.37. The van der Waals surface area contributed by atoms with Crippen molar-refractivity contribution in [1.29, 1.82) is 0 Å². The van der Waals surface area contributed by atoms with Crippen LogP contribution >= 0.6 is 11.3 Å². The van der Waals surface area contributed by atoms with Crippen LogP contribution in [0.1, 0.15) is 5.56 Å². The highest BCUT2D eigenvalue weighted by molar-refractivity contribution is 7.17. The number of amides is 1. The quantitative estimate of drug-likeness (QED) is 0.304. The van der Waals surface area contributed by atoms with E-state index in [1.165, 1.54) is 16.8 Å². The third kappa shape index (κ3) is 4.59. The molecular weight excluding hydrogens is 532 g/mol. The third-order valence-corrected chi connectivity index (χ3v) is 7.66. The summed E-state index contributed by atoms with van der Waals surface area (Å²) in [5, 5.41) is 4.36. The molecule has 1 saturated heterocycles. The number of furan rings is 1. The van der Waals surface area contributed by atoms with E-state index in [9.17, 15) is 18.4 Å². The molecule has 6 rings (SSSR count). The van der Waals surface area contributed by atoms with Gasteiger partial charge in [0.05, 0.1) is 18.4 Å². The Bertz CT molecular complexity index is 1750. The fourth-order valence-corrected chi connectivity index (χ4v) is 5.67. The van der Waals surface area contributed by atoms with E-state index >= 15 is 0 Å². The van der Waals surface area contributed by atoms with E-state index < -0.39 is 17.5 Å². The number of fused-ring (bicyclic) bond motifs is 3. The van der Waals surface area contributed by atoms with Gasteiger partial charge in [0.2, 0.25) is 17.7 Å². The Labute approximate surface area is 223 Å². The Morgan fingerprint density at radius 2 is 1.87 bits per heavy atom. The van der Waals surface area contributed by atoms with Crippen LogP contribution < -0.4 is 21.2 Å². The van der Waals surface area contributed by atoms with Gasteiger partial charge < -0.3 is 20.8 Å². The van der Waals surface area contributed by atoms with Crippen LogP contribution in [-0.4, -0.2) is 67.7 Å². The zero-order chi connectivity index (χ0) is 27.3. The molecule has 0 aliphatic carbocycles. The van der Waals surface area contributed by atoms with Crippen LogP contribution in [-0.2, 0) is 17.8 Å². The molecule has 202 valence electrons. The Kier molecular flexibility index (Phi) is 6.23. The number of benzene rings is 1. The molecule has 0 spiro atoms. The lowest BCUT2D eigenvalue weighted by Crippen LogP contribution is -2.47. The van der Waals surface area contributed by atoms with Crippen LogP contribution in [0.2, 0.25) is 0 Å². The highest BCUT2D eigenvalue weighted by atomic mass is 32.1. The van der Waals surface area contributed by atoms with Gasteiger partial charge in [-0.25, -0.2) is 13.8 Å². The van der Waals surface area contributed by atoms with E-state index in [4.69, 9.17) is 15.9 Å². The monoisotopic (exact) mass is 555 g/mol. The Balaban J connectivity index is 1.17. The maximum absolute atomic E-state index is 14.5. The molecule has 1 aliphatic heterocycles. The van der Waals surface area contributed by atoms with Gasteiger partial charge in [-0.15, -0.1) is 5.10 Å². The fourth-order valence-electron chi connectivity index (χ4n) is 4.74. The number of piperazine rings is 1. The van der Waals surface area contributed by atoms with Crippen molar-refractivity contribution in [2.24, 2.45) is 5.73 Å². The molecule has 5 heterocycles. The summed E-state index contributed by atoms with van der Waals surface area (Å²) < 4.78 is 37.5. The molecular formula is C24H23F2N9O3S. The van der Waals surface area contributed by atoms with E-state index in [0.717, 1.165) is 17.4 Å². The number of anilines is 2. The number of rotatable bonds is 7. The van der Waals surface area contributed by atoms with Crippen LogP contribution in [0.25, 0.3) is 27.6 Å². The van der Waals surface area contributed by atoms with Gasteiger partial charge in [0.15, 0.2) is 17.1 Å². The third-order valence-electron chi connectivity index (χ3n) is 6.69. The number of nitrogen functional groups attached to an aromatic ring is 1. The van der Waals surface area contributed by atoms with E-state index in [2.05, 4.69) is 20.0 Å². The number of nitrogens with two attached hydrogens (primary N) is 2. The molecule has 0 bridgehead atoms. The zero-order valence-corrected chi connectivity index (χ0v) is 21.3. The number of aromatic nitrogens is 5. The van der Waals surface area contributed by atoms with Crippen molar-refractivity contribution in [2.45, 2.75) is 13.0 Å². The molecule has 12 nitrogen and oxygen atoms in total. The average molecular weight is 556 g/mol. The highest BCUT2D eigenvalue weighted by Crippen LogP contribution is 2.27. The number of halogens is 2. The van der Waals surface area contributed by atoms with E-state index in [0.29, 0.717) is 66.8 Å². The van der Waals surface area contributed by atoms with Crippen LogP contribution in [0, 0.1) is 11.6 Å². The second kappa shape index (κ2) is 9.74. The first-order chi connectivity index (χ1) is 18.8. The van der Waals surface area contributed by atoms with Crippen molar-refractivity contribution < 1.29 is 18.0 Å². The van der Waals surface area contributed by atoms with Crippen molar-refractivity contribution >= 4 is 44.9 Å². The van der Waals surface area contributed by atoms with Crippen LogP contribution in [0.5, 0.6) is 0 Å². The largest absolute Gasteiger partial charge is 0.461 e. The smallest absolute Gasteiger partial charge is 0.309 e.